The van der Waals surface area contributed by atoms with E-state index in [1.807, 2.05) is 0 Å². The van der Waals surface area contributed by atoms with Crippen LogP contribution in [0, 0.1) is 5.82 Å². The van der Waals surface area contributed by atoms with E-state index >= 15 is 0 Å². The monoisotopic (exact) mass is 480 g/mol. The predicted octanol–water partition coefficient (Wildman–Crippen LogP) is 3.15. The van der Waals surface area contributed by atoms with Crippen molar-refractivity contribution in [2.45, 2.75) is 39.0 Å². The molecule has 0 saturated heterocycles. The van der Waals surface area contributed by atoms with E-state index in [9.17, 15) is 27.2 Å². The Morgan fingerprint density at radius 2 is 1.91 bits per heavy atom. The second-order valence-corrected chi connectivity index (χ2v) is 7.57. The fourth-order valence-electron chi connectivity index (χ4n) is 2.01. The SMILES string of the molecule is CC(C)(C)NC(=O)NCc1nonc1C(=Nc1ccc(F)c(Cl)c1)NOC(=O)C(F)(F)F. The number of amides is 2. The Bertz CT molecular complexity index is 1020. The molecule has 1 aromatic heterocycles. The number of urea groups is 1. The maximum Gasteiger partial charge on any atom is 0.493 e. The minimum absolute atomic E-state index is 0.0330. The first-order valence-electron chi connectivity index (χ1n) is 8.72. The predicted molar refractivity (Wildman–Crippen MR) is 102 cm³/mol. The van der Waals surface area contributed by atoms with Crippen LogP contribution in [-0.2, 0) is 16.2 Å². The van der Waals surface area contributed by atoms with Crippen LogP contribution in [-0.4, -0.2) is 39.9 Å². The molecule has 1 heterocycles. The molecule has 3 N–H and O–H groups in total. The molecule has 0 aliphatic rings. The van der Waals surface area contributed by atoms with Gasteiger partial charge in [0.25, 0.3) is 0 Å². The fourth-order valence-corrected chi connectivity index (χ4v) is 2.19. The molecule has 2 rings (SSSR count). The average molecular weight is 481 g/mol. The van der Waals surface area contributed by atoms with Gasteiger partial charge in [0, 0.05) is 5.54 Å². The first-order chi connectivity index (χ1) is 14.8. The van der Waals surface area contributed by atoms with E-state index in [-0.39, 0.29) is 28.6 Å². The van der Waals surface area contributed by atoms with Crippen molar-refractivity contribution in [1.82, 2.24) is 26.4 Å². The molecule has 0 aliphatic carbocycles. The van der Waals surface area contributed by atoms with Gasteiger partial charge in [-0.2, -0.15) is 18.7 Å². The number of amidine groups is 1. The number of carbonyl (C=O) groups is 2. The van der Waals surface area contributed by atoms with Gasteiger partial charge in [-0.25, -0.2) is 23.6 Å². The number of hydroxylamine groups is 1. The summed E-state index contributed by atoms with van der Waals surface area (Å²) in [5.74, 6) is -3.89. The number of benzene rings is 1. The van der Waals surface area contributed by atoms with Crippen LogP contribution in [0.25, 0.3) is 0 Å². The molecule has 0 spiro atoms. The lowest BCUT2D eigenvalue weighted by atomic mass is 10.1. The molecular formula is C17H17ClF4N6O4. The number of alkyl halides is 3. The largest absolute Gasteiger partial charge is 0.493 e. The maximum absolute atomic E-state index is 13.4. The minimum atomic E-state index is -5.30. The van der Waals surface area contributed by atoms with Gasteiger partial charge >= 0.3 is 18.2 Å². The zero-order valence-corrected chi connectivity index (χ0v) is 17.6. The van der Waals surface area contributed by atoms with Gasteiger partial charge in [-0.1, -0.05) is 16.8 Å². The molecule has 0 fully saturated rings. The molecule has 10 nitrogen and oxygen atoms in total. The van der Waals surface area contributed by atoms with Gasteiger partial charge in [-0.15, -0.1) is 0 Å². The Morgan fingerprint density at radius 3 is 2.50 bits per heavy atom. The van der Waals surface area contributed by atoms with E-state index in [1.54, 1.807) is 26.3 Å². The minimum Gasteiger partial charge on any atom is -0.334 e. The molecule has 0 saturated carbocycles. The lowest BCUT2D eigenvalue weighted by molar-refractivity contribution is -0.203. The first-order valence-corrected chi connectivity index (χ1v) is 9.09. The molecule has 2 aromatic rings. The van der Waals surface area contributed by atoms with Crippen molar-refractivity contribution in [3.63, 3.8) is 0 Å². The molecule has 0 unspecified atom stereocenters. The Hall–Kier alpha value is -3.42. The highest BCUT2D eigenvalue weighted by molar-refractivity contribution is 6.31. The highest BCUT2D eigenvalue weighted by Gasteiger charge is 2.42. The zero-order chi connectivity index (χ0) is 24.1. The van der Waals surface area contributed by atoms with Gasteiger partial charge < -0.3 is 15.5 Å². The third kappa shape index (κ3) is 7.37. The van der Waals surface area contributed by atoms with Gasteiger partial charge in [-0.3, -0.25) is 0 Å². The summed E-state index contributed by atoms with van der Waals surface area (Å²) in [5, 5.41) is 11.8. The summed E-state index contributed by atoms with van der Waals surface area (Å²) >= 11 is 5.68. The summed E-state index contributed by atoms with van der Waals surface area (Å²) in [4.78, 5) is 30.9. The van der Waals surface area contributed by atoms with E-state index in [4.69, 9.17) is 11.6 Å². The van der Waals surface area contributed by atoms with E-state index < -0.39 is 35.4 Å². The van der Waals surface area contributed by atoms with Crippen LogP contribution >= 0.6 is 11.6 Å². The van der Waals surface area contributed by atoms with Crippen molar-refractivity contribution in [2.75, 3.05) is 0 Å². The third-order valence-corrected chi connectivity index (χ3v) is 3.59. The highest BCUT2D eigenvalue weighted by Crippen LogP contribution is 2.23. The van der Waals surface area contributed by atoms with Gasteiger partial charge in [0.15, 0.2) is 11.5 Å². The van der Waals surface area contributed by atoms with Crippen molar-refractivity contribution >= 4 is 35.1 Å². The van der Waals surface area contributed by atoms with Crippen LogP contribution in [0.15, 0.2) is 27.8 Å². The topological polar surface area (TPSA) is 131 Å². The maximum atomic E-state index is 13.4. The lowest BCUT2D eigenvalue weighted by Crippen LogP contribution is -2.46. The Morgan fingerprint density at radius 1 is 1.22 bits per heavy atom. The number of aliphatic imine (C=N–C) groups is 1. The molecule has 2 amide bonds. The number of rotatable bonds is 4. The number of halogens is 5. The van der Waals surface area contributed by atoms with Crippen LogP contribution in [0.1, 0.15) is 32.2 Å². The summed E-state index contributed by atoms with van der Waals surface area (Å²) in [5.41, 5.74) is 0.785. The Balaban J connectivity index is 2.31. The second kappa shape index (κ2) is 9.80. The highest BCUT2D eigenvalue weighted by atomic mass is 35.5. The average Bonchev–Trinajstić information content (AvgIpc) is 3.12. The number of aromatic nitrogens is 2. The standard InChI is InChI=1S/C17H17ClF4N6O4/c1-16(2,3)25-15(30)23-7-11-12(27-32-26-11)13(28-31-14(29)17(20,21)22)24-8-4-5-10(19)9(18)6-8/h4-6H,7H2,1-3H3,(H,24,28)(H2,23,25,30). The molecule has 15 heteroatoms. The molecule has 0 radical (unpaired) electrons. The molecule has 0 aliphatic heterocycles. The van der Waals surface area contributed by atoms with E-state index in [2.05, 4.69) is 35.4 Å². The number of carbonyl (C=O) groups excluding carboxylic acids is 2. The Kier molecular flexibility index (Phi) is 7.61. The summed E-state index contributed by atoms with van der Waals surface area (Å²) < 4.78 is 55.4. The number of nitrogens with one attached hydrogen (secondary N) is 3. The normalized spacial score (nSPS) is 12.3. The van der Waals surface area contributed by atoms with Crippen molar-refractivity contribution in [3.05, 3.63) is 40.4 Å². The van der Waals surface area contributed by atoms with Gasteiger partial charge in [0.2, 0.25) is 0 Å². The molecule has 0 bridgehead atoms. The van der Waals surface area contributed by atoms with Crippen molar-refractivity contribution in [2.24, 2.45) is 4.99 Å². The first kappa shape index (κ1) is 24.8. The summed E-state index contributed by atoms with van der Waals surface area (Å²) in [6, 6.07) is 2.59. The van der Waals surface area contributed by atoms with Crippen molar-refractivity contribution in [3.8, 4) is 0 Å². The van der Waals surface area contributed by atoms with Gasteiger partial charge in [0.05, 0.1) is 17.3 Å². The van der Waals surface area contributed by atoms with Crippen molar-refractivity contribution < 1.29 is 36.6 Å². The van der Waals surface area contributed by atoms with Gasteiger partial charge in [0.1, 0.15) is 11.5 Å². The zero-order valence-electron chi connectivity index (χ0n) is 16.8. The fraction of sp³-hybridized carbons (Fsp3) is 0.353. The van der Waals surface area contributed by atoms with E-state index in [0.29, 0.717) is 0 Å². The molecule has 32 heavy (non-hydrogen) atoms. The summed E-state index contributed by atoms with van der Waals surface area (Å²) in [7, 11) is 0. The van der Waals surface area contributed by atoms with E-state index in [0.717, 1.165) is 18.2 Å². The van der Waals surface area contributed by atoms with Crippen LogP contribution in [0.5, 0.6) is 0 Å². The molecular weight excluding hydrogens is 464 g/mol. The number of hydrogen-bond donors (Lipinski definition) is 3. The Labute approximate surface area is 183 Å². The number of hydrogen-bond acceptors (Lipinski definition) is 7. The quantitative estimate of drug-likeness (QED) is 0.265. The summed E-state index contributed by atoms with van der Waals surface area (Å²) in [6.45, 7) is 4.95. The van der Waals surface area contributed by atoms with Crippen LogP contribution < -0.4 is 16.1 Å². The van der Waals surface area contributed by atoms with Crippen molar-refractivity contribution in [1.29, 1.82) is 0 Å². The van der Waals surface area contributed by atoms with Gasteiger partial charge in [-0.05, 0) is 44.1 Å². The molecule has 1 aromatic carbocycles. The lowest BCUT2D eigenvalue weighted by Gasteiger charge is -2.20. The molecule has 174 valence electrons. The summed E-state index contributed by atoms with van der Waals surface area (Å²) in [6.07, 6.45) is -5.30. The third-order valence-electron chi connectivity index (χ3n) is 3.30. The second-order valence-electron chi connectivity index (χ2n) is 7.17. The van der Waals surface area contributed by atoms with E-state index in [1.165, 1.54) is 0 Å². The van der Waals surface area contributed by atoms with Crippen LogP contribution in [0.3, 0.4) is 0 Å². The van der Waals surface area contributed by atoms with Crippen LogP contribution in [0.2, 0.25) is 5.02 Å². The molecule has 0 atom stereocenters. The smallest absolute Gasteiger partial charge is 0.334 e. The van der Waals surface area contributed by atoms with Crippen LogP contribution in [0.4, 0.5) is 28.0 Å². The number of nitrogens with zero attached hydrogens (tertiary/aromatic N) is 3.